The average molecular weight is 925 g/mol. The van der Waals surface area contributed by atoms with Crippen molar-refractivity contribution in [2.75, 3.05) is 0 Å². The summed E-state index contributed by atoms with van der Waals surface area (Å²) in [5.41, 5.74) is 7.73. The van der Waals surface area contributed by atoms with Crippen LogP contribution in [0, 0.1) is 47.3 Å². The molecule has 0 aliphatic heterocycles. The molecule has 0 spiro atoms. The van der Waals surface area contributed by atoms with E-state index in [1.165, 1.54) is 101 Å². The molecule has 9 aromatic rings. The molecular weight excluding hydrogens is 865 g/mol. The predicted molar refractivity (Wildman–Crippen MR) is 288 cm³/mol. The quantitative estimate of drug-likeness (QED) is 0.107. The van der Waals surface area contributed by atoms with E-state index < -0.39 is 8.07 Å². The van der Waals surface area contributed by atoms with Gasteiger partial charge in [-0.05, 0) is 167 Å². The van der Waals surface area contributed by atoms with E-state index in [9.17, 15) is 0 Å². The van der Waals surface area contributed by atoms with Gasteiger partial charge < -0.3 is 0 Å². The van der Waals surface area contributed by atoms with E-state index in [0.717, 1.165) is 75.6 Å². The number of nitrogens with zero attached hydrogens (tertiary/aromatic N) is 4. The Morgan fingerprint density at radius 3 is 1.23 bits per heavy atom. The maximum Gasteiger partial charge on any atom is 0.238 e. The van der Waals surface area contributed by atoms with Gasteiger partial charge in [0, 0.05) is 21.9 Å². The van der Waals surface area contributed by atoms with Gasteiger partial charge in [0.15, 0.2) is 19.7 Å². The van der Waals surface area contributed by atoms with E-state index in [1.807, 2.05) is 0 Å². The van der Waals surface area contributed by atoms with Gasteiger partial charge in [-0.15, -0.1) is 0 Å². The Labute approximate surface area is 413 Å². The Balaban J connectivity index is 1.00. The van der Waals surface area contributed by atoms with Crippen LogP contribution in [0.3, 0.4) is 0 Å². The lowest BCUT2D eigenvalue weighted by Crippen LogP contribution is -2.74. The Morgan fingerprint density at radius 2 is 0.757 bits per heavy atom. The molecule has 0 amide bonds. The van der Waals surface area contributed by atoms with Crippen molar-refractivity contribution in [2.24, 2.45) is 47.3 Å². The Morgan fingerprint density at radius 1 is 0.357 bits per heavy atom. The first-order valence-corrected chi connectivity index (χ1v) is 28.8. The van der Waals surface area contributed by atoms with Crippen molar-refractivity contribution < 1.29 is 0 Å². The molecule has 17 rings (SSSR count). The van der Waals surface area contributed by atoms with Crippen molar-refractivity contribution in [3.63, 3.8) is 0 Å². The molecule has 2 aromatic heterocycles. The minimum absolute atomic E-state index is 0.550. The second kappa shape index (κ2) is 16.3. The van der Waals surface area contributed by atoms with Gasteiger partial charge in [0.2, 0.25) is 5.95 Å². The standard InChI is InChI=1S/C65H60N4Si/c1-4-17-50(18-5-1)70(51-19-6-2-7-20-51,52-21-8-3-9-22-52)53-23-14-16-45(40-53)63-66-64(68-65(67-63)69-58-28-12-10-24-54(58)55-25-11-13-29-59(55)69)62-56(60-46-32-41-30-42(34-46)35-47(60)33-41)26-15-27-57(62)61-48-36-43-31-44(38-48)39-49(61)37-43/h1-29,40-44,46-49,60-61H,30-39H2. The molecule has 0 radical (unpaired) electrons. The lowest BCUT2D eigenvalue weighted by Gasteiger charge is -2.56. The van der Waals surface area contributed by atoms with Gasteiger partial charge in [0.25, 0.3) is 0 Å². The van der Waals surface area contributed by atoms with Gasteiger partial charge in [-0.25, -0.2) is 4.98 Å². The highest BCUT2D eigenvalue weighted by molar-refractivity contribution is 7.19. The molecule has 7 aromatic carbocycles. The molecule has 8 aliphatic rings. The Bertz CT molecular complexity index is 3170. The fraction of sp³-hybridized carbons (Fsp3) is 0.308. The van der Waals surface area contributed by atoms with E-state index >= 15 is 0 Å². The monoisotopic (exact) mass is 924 g/mol. The van der Waals surface area contributed by atoms with Crippen molar-refractivity contribution in [3.05, 3.63) is 193 Å². The third-order valence-electron chi connectivity index (χ3n) is 19.1. The minimum Gasteiger partial charge on any atom is -0.278 e. The van der Waals surface area contributed by atoms with Crippen LogP contribution in [0.5, 0.6) is 0 Å². The van der Waals surface area contributed by atoms with Crippen LogP contribution in [-0.2, 0) is 0 Å². The van der Waals surface area contributed by atoms with E-state index in [0.29, 0.717) is 17.8 Å². The summed E-state index contributed by atoms with van der Waals surface area (Å²) in [6, 6.07) is 68.5. The molecule has 70 heavy (non-hydrogen) atoms. The smallest absolute Gasteiger partial charge is 0.238 e. The summed E-state index contributed by atoms with van der Waals surface area (Å²) in [5.74, 6) is 10.0. The van der Waals surface area contributed by atoms with Crippen LogP contribution in [-0.4, -0.2) is 27.6 Å². The highest BCUT2D eigenvalue weighted by atomic mass is 28.3. The van der Waals surface area contributed by atoms with Gasteiger partial charge in [-0.1, -0.05) is 170 Å². The van der Waals surface area contributed by atoms with Gasteiger partial charge in [-0.3, -0.25) is 4.57 Å². The number of para-hydroxylation sites is 2. The third-order valence-corrected chi connectivity index (χ3v) is 23.9. The molecule has 8 saturated carbocycles. The zero-order valence-corrected chi connectivity index (χ0v) is 41.0. The van der Waals surface area contributed by atoms with Crippen LogP contribution in [0.25, 0.3) is 50.5 Å². The van der Waals surface area contributed by atoms with E-state index in [2.05, 4.69) is 187 Å². The molecule has 0 atom stereocenters. The van der Waals surface area contributed by atoms with Crippen molar-refractivity contribution in [1.29, 1.82) is 0 Å². The van der Waals surface area contributed by atoms with Crippen molar-refractivity contribution >= 4 is 50.6 Å². The van der Waals surface area contributed by atoms with Crippen molar-refractivity contribution in [3.8, 4) is 28.7 Å². The number of hydrogen-bond acceptors (Lipinski definition) is 3. The molecule has 4 nitrogen and oxygen atoms in total. The molecule has 8 bridgehead atoms. The molecule has 0 N–H and O–H groups in total. The van der Waals surface area contributed by atoms with Crippen LogP contribution >= 0.6 is 0 Å². The fourth-order valence-electron chi connectivity index (χ4n) is 17.1. The highest BCUT2D eigenvalue weighted by Gasteiger charge is 2.52. The molecule has 0 saturated heterocycles. The molecule has 0 unspecified atom stereocenters. The second-order valence-electron chi connectivity index (χ2n) is 22.8. The number of benzene rings is 7. The number of rotatable bonds is 9. The van der Waals surface area contributed by atoms with Gasteiger partial charge in [0.05, 0.1) is 11.0 Å². The van der Waals surface area contributed by atoms with Crippen molar-refractivity contribution in [1.82, 2.24) is 19.5 Å². The Kier molecular flexibility index (Phi) is 9.64. The molecule has 8 fully saturated rings. The summed E-state index contributed by atoms with van der Waals surface area (Å²) in [4.78, 5) is 17.5. The molecule has 2 heterocycles. The Hall–Kier alpha value is -6.43. The topological polar surface area (TPSA) is 43.6 Å². The number of hydrogen-bond donors (Lipinski definition) is 0. The lowest BCUT2D eigenvalue weighted by molar-refractivity contribution is -0.00465. The first-order valence-electron chi connectivity index (χ1n) is 26.8. The van der Waals surface area contributed by atoms with Crippen LogP contribution in [0.1, 0.15) is 87.2 Å². The summed E-state index contributed by atoms with van der Waals surface area (Å²) in [7, 11) is -2.85. The van der Waals surface area contributed by atoms with Gasteiger partial charge in [-0.2, -0.15) is 9.97 Å². The van der Waals surface area contributed by atoms with Gasteiger partial charge in [0.1, 0.15) is 0 Å². The van der Waals surface area contributed by atoms with Crippen LogP contribution < -0.4 is 20.7 Å². The zero-order chi connectivity index (χ0) is 45.9. The summed E-state index contributed by atoms with van der Waals surface area (Å²) >= 11 is 0. The molecular formula is C65H60N4Si. The highest BCUT2D eigenvalue weighted by Crippen LogP contribution is 2.64. The van der Waals surface area contributed by atoms with Crippen LogP contribution in [0.4, 0.5) is 0 Å². The van der Waals surface area contributed by atoms with E-state index in [1.54, 1.807) is 11.1 Å². The SMILES string of the molecule is c1ccc([Si](c2ccccc2)(c2ccccc2)c2cccc(-c3nc(-c4c(C5C6CC7CC(C6)CC5C7)cccc4C4C5CC6CC(C5)CC4C6)nc(-n4c5ccccc5c5ccccc54)n3)c2)cc1. The van der Waals surface area contributed by atoms with Crippen LogP contribution in [0.2, 0.25) is 0 Å². The summed E-state index contributed by atoms with van der Waals surface area (Å²) in [5, 5.41) is 7.83. The van der Waals surface area contributed by atoms with Crippen LogP contribution in [0.15, 0.2) is 182 Å². The largest absolute Gasteiger partial charge is 0.278 e. The zero-order valence-electron chi connectivity index (χ0n) is 40.0. The lowest BCUT2D eigenvalue weighted by atomic mass is 9.49. The molecule has 8 aliphatic carbocycles. The molecule has 344 valence electrons. The first-order chi connectivity index (χ1) is 34.6. The van der Waals surface area contributed by atoms with E-state index in [4.69, 9.17) is 15.0 Å². The minimum atomic E-state index is -2.85. The third kappa shape index (κ3) is 6.42. The maximum absolute atomic E-state index is 5.91. The number of fused-ring (bicyclic) bond motifs is 3. The summed E-state index contributed by atoms with van der Waals surface area (Å²) in [6.07, 6.45) is 14.0. The molecule has 5 heteroatoms. The second-order valence-corrected chi connectivity index (χ2v) is 26.6. The number of aromatic nitrogens is 4. The summed E-state index contributed by atoms with van der Waals surface area (Å²) < 4.78 is 2.34. The van der Waals surface area contributed by atoms with Gasteiger partial charge >= 0.3 is 0 Å². The average Bonchev–Trinajstić information content (AvgIpc) is 3.74. The predicted octanol–water partition coefficient (Wildman–Crippen LogP) is 12.8. The van der Waals surface area contributed by atoms with Crippen molar-refractivity contribution in [2.45, 2.75) is 76.0 Å². The van der Waals surface area contributed by atoms with E-state index in [-0.39, 0.29) is 0 Å². The summed E-state index contributed by atoms with van der Waals surface area (Å²) in [6.45, 7) is 0. The first kappa shape index (κ1) is 41.4. The normalized spacial score (nSPS) is 27.4. The fourth-order valence-corrected chi connectivity index (χ4v) is 21.9. The maximum atomic E-state index is 5.91.